The van der Waals surface area contributed by atoms with Crippen LogP contribution in [0.5, 0.6) is 0 Å². The van der Waals surface area contributed by atoms with Crippen LogP contribution in [0.2, 0.25) is 0 Å². The lowest BCUT2D eigenvalue weighted by molar-refractivity contribution is 0.955. The maximum absolute atomic E-state index is 8.98. The normalized spacial score (nSPS) is 10.8. The number of hydrogen-bond acceptors (Lipinski definition) is 7. The minimum Gasteiger partial charge on any atom is -0.384 e. The Hall–Kier alpha value is -2.95. The third kappa shape index (κ3) is 3.92. The number of anilines is 1. The van der Waals surface area contributed by atoms with Gasteiger partial charge in [0.15, 0.2) is 5.16 Å². The van der Waals surface area contributed by atoms with E-state index in [0.29, 0.717) is 11.0 Å². The minimum absolute atomic E-state index is 0.287. The molecule has 4 rings (SSSR count). The Labute approximate surface area is 164 Å². The number of aryl methyl sites for hydroxylation is 1. The first kappa shape index (κ1) is 17.5. The van der Waals surface area contributed by atoms with Gasteiger partial charge in [0.25, 0.3) is 0 Å². The molecule has 0 saturated heterocycles. The fourth-order valence-corrected chi connectivity index (χ4v) is 4.51. The number of nitrogen functional groups attached to an aromatic ring is 1. The smallest absolute Gasteiger partial charge is 0.190 e. The van der Waals surface area contributed by atoms with Crippen molar-refractivity contribution in [1.82, 2.24) is 15.0 Å². The van der Waals surface area contributed by atoms with E-state index < -0.39 is 0 Å². The van der Waals surface area contributed by atoms with E-state index in [-0.39, 0.29) is 5.69 Å². The number of benzene rings is 1. The van der Waals surface area contributed by atoms with E-state index in [9.17, 15) is 0 Å². The van der Waals surface area contributed by atoms with Crippen molar-refractivity contribution in [2.45, 2.75) is 11.6 Å². The Kier molecular flexibility index (Phi) is 5.01. The van der Waals surface area contributed by atoms with Crippen LogP contribution in [0.1, 0.15) is 11.4 Å². The molecule has 0 aliphatic heterocycles. The average molecular weight is 390 g/mol. The molecular formula is C20H15N5S2. The molecule has 1 aromatic carbocycles. The highest BCUT2D eigenvalue weighted by Gasteiger charge is 2.09. The minimum atomic E-state index is 0.287. The lowest BCUT2D eigenvalue weighted by atomic mass is 10.0. The van der Waals surface area contributed by atoms with Gasteiger partial charge in [-0.2, -0.15) is 5.26 Å². The van der Waals surface area contributed by atoms with Gasteiger partial charge in [-0.3, -0.25) is 4.98 Å². The lowest BCUT2D eigenvalue weighted by Crippen LogP contribution is -1.99. The van der Waals surface area contributed by atoms with Gasteiger partial charge in [0.2, 0.25) is 0 Å². The molecule has 0 atom stereocenters. The van der Waals surface area contributed by atoms with E-state index in [1.807, 2.05) is 18.3 Å². The molecule has 0 amide bonds. The molecule has 3 aromatic heterocycles. The Morgan fingerprint density at radius 1 is 1.15 bits per heavy atom. The Morgan fingerprint density at radius 3 is 2.81 bits per heavy atom. The Bertz CT molecular complexity index is 1130. The van der Waals surface area contributed by atoms with Crippen molar-refractivity contribution in [2.24, 2.45) is 0 Å². The topological polar surface area (TPSA) is 88.5 Å². The molecule has 0 unspecified atom stereocenters. The van der Waals surface area contributed by atoms with Crippen LogP contribution in [0.4, 0.5) is 5.82 Å². The maximum Gasteiger partial charge on any atom is 0.190 e. The lowest BCUT2D eigenvalue weighted by Gasteiger charge is -2.04. The number of nitrogens with zero attached hydrogens (tertiary/aromatic N) is 4. The van der Waals surface area contributed by atoms with Gasteiger partial charge in [-0.15, -0.1) is 11.3 Å². The number of aromatic nitrogens is 3. The van der Waals surface area contributed by atoms with Gasteiger partial charge in [0.1, 0.15) is 17.6 Å². The number of nitriles is 1. The second-order valence-corrected chi connectivity index (χ2v) is 7.83. The highest BCUT2D eigenvalue weighted by molar-refractivity contribution is 7.99. The first-order valence-corrected chi connectivity index (χ1v) is 10.2. The molecule has 0 radical (unpaired) electrons. The zero-order valence-corrected chi connectivity index (χ0v) is 15.9. The average Bonchev–Trinajstić information content (AvgIpc) is 3.11. The van der Waals surface area contributed by atoms with Crippen molar-refractivity contribution in [2.75, 3.05) is 11.5 Å². The van der Waals surface area contributed by atoms with Gasteiger partial charge in [-0.05, 0) is 23.4 Å². The number of hydrogen-bond donors (Lipinski definition) is 1. The summed E-state index contributed by atoms with van der Waals surface area (Å²) >= 11 is 3.19. The van der Waals surface area contributed by atoms with Crippen molar-refractivity contribution < 1.29 is 0 Å². The fraction of sp³-hybridized carbons (Fsp3) is 0.100. The third-order valence-electron chi connectivity index (χ3n) is 4.03. The van der Waals surface area contributed by atoms with E-state index in [2.05, 4.69) is 50.7 Å². The van der Waals surface area contributed by atoms with Crippen LogP contribution in [0.3, 0.4) is 0 Å². The van der Waals surface area contributed by atoms with Gasteiger partial charge in [0, 0.05) is 34.7 Å². The summed E-state index contributed by atoms with van der Waals surface area (Å²) in [6.45, 7) is 0. The SMILES string of the molecule is N#Cc1cc(N)nc(SCCc2cc3c(-c4ccccc4)csc3cn2)n1. The summed E-state index contributed by atoms with van der Waals surface area (Å²) in [6, 6.07) is 16.0. The van der Waals surface area contributed by atoms with Crippen LogP contribution >= 0.6 is 23.1 Å². The Morgan fingerprint density at radius 2 is 2.00 bits per heavy atom. The molecule has 0 aliphatic carbocycles. The fourth-order valence-electron chi connectivity index (χ4n) is 2.77. The summed E-state index contributed by atoms with van der Waals surface area (Å²) in [5.41, 5.74) is 9.48. The molecule has 5 nitrogen and oxygen atoms in total. The predicted octanol–water partition coefficient (Wildman–Crippen LogP) is 4.54. The zero-order valence-electron chi connectivity index (χ0n) is 14.3. The summed E-state index contributed by atoms with van der Waals surface area (Å²) in [6.07, 6.45) is 2.72. The van der Waals surface area contributed by atoms with E-state index in [0.717, 1.165) is 17.9 Å². The molecule has 4 aromatic rings. The van der Waals surface area contributed by atoms with E-state index in [1.54, 1.807) is 11.3 Å². The maximum atomic E-state index is 8.98. The molecule has 0 saturated carbocycles. The van der Waals surface area contributed by atoms with Crippen LogP contribution in [-0.2, 0) is 6.42 Å². The van der Waals surface area contributed by atoms with Crippen molar-refractivity contribution >= 4 is 39.0 Å². The molecule has 3 heterocycles. The van der Waals surface area contributed by atoms with Gasteiger partial charge in [0.05, 0.1) is 4.70 Å². The second kappa shape index (κ2) is 7.74. The first-order chi connectivity index (χ1) is 13.2. The van der Waals surface area contributed by atoms with Gasteiger partial charge < -0.3 is 5.73 Å². The molecule has 7 heteroatoms. The summed E-state index contributed by atoms with van der Waals surface area (Å²) in [4.78, 5) is 12.9. The van der Waals surface area contributed by atoms with Gasteiger partial charge in [-0.1, -0.05) is 42.1 Å². The van der Waals surface area contributed by atoms with Crippen molar-refractivity contribution in [3.05, 3.63) is 65.4 Å². The van der Waals surface area contributed by atoms with Crippen LogP contribution in [0.25, 0.3) is 21.2 Å². The number of fused-ring (bicyclic) bond motifs is 1. The van der Waals surface area contributed by atoms with E-state index >= 15 is 0 Å². The monoisotopic (exact) mass is 389 g/mol. The number of nitrogens with two attached hydrogens (primary N) is 1. The van der Waals surface area contributed by atoms with Crippen molar-refractivity contribution in [3.8, 4) is 17.2 Å². The van der Waals surface area contributed by atoms with Crippen LogP contribution in [0.15, 0.2) is 59.2 Å². The van der Waals surface area contributed by atoms with E-state index in [1.165, 1.54) is 39.0 Å². The summed E-state index contributed by atoms with van der Waals surface area (Å²) in [5, 5.41) is 12.9. The summed E-state index contributed by atoms with van der Waals surface area (Å²) < 4.78 is 1.18. The Balaban J connectivity index is 1.51. The number of pyridine rings is 1. The number of thioether (sulfide) groups is 1. The van der Waals surface area contributed by atoms with Crippen molar-refractivity contribution in [3.63, 3.8) is 0 Å². The standard InChI is InChI=1S/C20H15N5S2/c21-10-15-9-19(22)25-20(24-15)26-7-6-14-8-16-17(12-27-18(16)11-23-14)13-4-2-1-3-5-13/h1-5,8-9,11-12H,6-7H2,(H2,22,24,25). The molecule has 0 bridgehead atoms. The number of rotatable bonds is 5. The molecule has 0 aliphatic rings. The third-order valence-corrected chi connectivity index (χ3v) is 5.81. The van der Waals surface area contributed by atoms with Gasteiger partial charge in [-0.25, -0.2) is 9.97 Å². The highest BCUT2D eigenvalue weighted by atomic mass is 32.2. The molecule has 2 N–H and O–H groups in total. The highest BCUT2D eigenvalue weighted by Crippen LogP contribution is 2.34. The van der Waals surface area contributed by atoms with Crippen LogP contribution in [-0.4, -0.2) is 20.7 Å². The second-order valence-electron chi connectivity index (χ2n) is 5.86. The summed E-state index contributed by atoms with van der Waals surface area (Å²) in [5.74, 6) is 1.08. The first-order valence-electron chi connectivity index (χ1n) is 8.32. The van der Waals surface area contributed by atoms with E-state index in [4.69, 9.17) is 11.0 Å². The molecule has 132 valence electrons. The molecular weight excluding hydrogens is 374 g/mol. The quantitative estimate of drug-likeness (QED) is 0.398. The zero-order chi connectivity index (χ0) is 18.6. The summed E-state index contributed by atoms with van der Waals surface area (Å²) in [7, 11) is 0. The molecule has 0 fully saturated rings. The predicted molar refractivity (Wildman–Crippen MR) is 111 cm³/mol. The molecule has 27 heavy (non-hydrogen) atoms. The largest absolute Gasteiger partial charge is 0.384 e. The molecule has 0 spiro atoms. The van der Waals surface area contributed by atoms with Crippen LogP contribution < -0.4 is 5.73 Å². The van der Waals surface area contributed by atoms with Gasteiger partial charge >= 0.3 is 0 Å². The van der Waals surface area contributed by atoms with Crippen molar-refractivity contribution in [1.29, 1.82) is 5.26 Å². The van der Waals surface area contributed by atoms with Crippen LogP contribution in [0, 0.1) is 11.3 Å². The number of thiophene rings is 1.